The van der Waals surface area contributed by atoms with Crippen LogP contribution in [0, 0.1) is 6.92 Å². The van der Waals surface area contributed by atoms with Crippen LogP contribution < -0.4 is 10.9 Å². The third kappa shape index (κ3) is 5.14. The number of piperidine rings is 1. The smallest absolute Gasteiger partial charge is 0.263 e. The molecule has 14 heteroatoms. The fraction of sp³-hybridized carbons (Fsp3) is 0.222. The molecule has 2 aromatic carbocycles. The van der Waals surface area contributed by atoms with Gasteiger partial charge in [-0.2, -0.15) is 24.2 Å². The minimum atomic E-state index is -3.61. The van der Waals surface area contributed by atoms with Gasteiger partial charge in [0.2, 0.25) is 16.0 Å². The number of rotatable bonds is 6. The molecule has 5 aromatic rings. The van der Waals surface area contributed by atoms with Crippen LogP contribution >= 0.6 is 11.6 Å². The van der Waals surface area contributed by atoms with Gasteiger partial charge in [0.05, 0.1) is 22.5 Å². The van der Waals surface area contributed by atoms with Gasteiger partial charge in [0.15, 0.2) is 5.65 Å². The van der Waals surface area contributed by atoms with E-state index >= 15 is 0 Å². The number of amides is 1. The number of benzene rings is 2. The van der Waals surface area contributed by atoms with Crippen molar-refractivity contribution in [2.45, 2.75) is 31.1 Å². The monoisotopic (exact) mass is 592 g/mol. The van der Waals surface area contributed by atoms with E-state index in [0.29, 0.717) is 35.1 Å². The van der Waals surface area contributed by atoms with Gasteiger partial charge in [0.1, 0.15) is 11.2 Å². The minimum Gasteiger partial charge on any atom is -0.306 e. The second kappa shape index (κ2) is 10.6. The maximum absolute atomic E-state index is 13.1. The summed E-state index contributed by atoms with van der Waals surface area (Å²) in [5, 5.41) is 12.3. The van der Waals surface area contributed by atoms with Gasteiger partial charge in [-0.3, -0.25) is 14.6 Å². The Morgan fingerprint density at radius 3 is 2.41 bits per heavy atom. The second-order valence-electron chi connectivity index (χ2n) is 9.69. The Balaban J connectivity index is 1.29. The van der Waals surface area contributed by atoms with E-state index in [-0.39, 0.29) is 27.6 Å². The average molecular weight is 593 g/mol. The lowest BCUT2D eigenvalue weighted by Crippen LogP contribution is -2.35. The number of anilines is 1. The van der Waals surface area contributed by atoms with Crippen molar-refractivity contribution in [1.29, 1.82) is 0 Å². The Hall–Kier alpha value is -4.33. The molecule has 12 nitrogen and oxygen atoms in total. The molecule has 3 aromatic heterocycles. The van der Waals surface area contributed by atoms with Crippen LogP contribution in [0.4, 0.5) is 5.82 Å². The number of halogens is 1. The number of nitrogens with zero attached hydrogens (tertiary/aromatic N) is 6. The van der Waals surface area contributed by atoms with Gasteiger partial charge in [0.25, 0.3) is 11.5 Å². The zero-order valence-electron chi connectivity index (χ0n) is 21.9. The Morgan fingerprint density at radius 1 is 1.00 bits per heavy atom. The van der Waals surface area contributed by atoms with E-state index in [9.17, 15) is 18.0 Å². The highest BCUT2D eigenvalue weighted by Crippen LogP contribution is 2.23. The number of fused-ring (bicyclic) bond motifs is 1. The summed E-state index contributed by atoms with van der Waals surface area (Å²) >= 11 is 6.01. The summed E-state index contributed by atoms with van der Waals surface area (Å²) in [7, 11) is -3.61. The van der Waals surface area contributed by atoms with Crippen LogP contribution in [-0.2, 0) is 10.0 Å². The zero-order valence-corrected chi connectivity index (χ0v) is 23.5. The first-order valence-corrected chi connectivity index (χ1v) is 14.7. The molecule has 6 rings (SSSR count). The third-order valence-electron chi connectivity index (χ3n) is 6.84. The Labute approximate surface area is 239 Å². The number of hydrogen-bond acceptors (Lipinski definition) is 7. The summed E-state index contributed by atoms with van der Waals surface area (Å²) in [6.07, 6.45) is 4.11. The van der Waals surface area contributed by atoms with E-state index in [0.717, 1.165) is 19.3 Å². The van der Waals surface area contributed by atoms with Gasteiger partial charge in [0, 0.05) is 29.7 Å². The minimum absolute atomic E-state index is 0.0737. The van der Waals surface area contributed by atoms with Crippen molar-refractivity contribution >= 4 is 44.4 Å². The highest BCUT2D eigenvalue weighted by molar-refractivity contribution is 7.89. The standard InChI is InChI=1S/C27H25ClN8O4S/c1-17-15-23(30-25(37)18-5-11-21(12-6-18)41(39,40)34-13-3-2-4-14-34)36(33-17)27-31-24-22(26(38)32-27)16-29-35(24)20-9-7-19(28)8-10-20/h5-12,15-16H,2-4,13-14H2,1H3,(H,30,37)(H,31,32,38). The maximum Gasteiger partial charge on any atom is 0.263 e. The van der Waals surface area contributed by atoms with E-state index in [1.54, 1.807) is 37.3 Å². The molecule has 0 saturated carbocycles. The molecule has 0 unspecified atom stereocenters. The summed E-state index contributed by atoms with van der Waals surface area (Å²) < 4.78 is 30.2. The van der Waals surface area contributed by atoms with Gasteiger partial charge >= 0.3 is 0 Å². The number of hydrogen-bond donors (Lipinski definition) is 2. The van der Waals surface area contributed by atoms with Gasteiger partial charge in [-0.1, -0.05) is 18.0 Å². The number of aromatic nitrogens is 6. The number of sulfonamides is 1. The molecule has 210 valence electrons. The summed E-state index contributed by atoms with van der Waals surface area (Å²) in [6.45, 7) is 2.73. The fourth-order valence-electron chi connectivity index (χ4n) is 4.75. The lowest BCUT2D eigenvalue weighted by molar-refractivity contribution is 0.102. The Kier molecular flexibility index (Phi) is 6.93. The molecule has 4 heterocycles. The number of H-pyrrole nitrogens is 1. The SMILES string of the molecule is Cc1cc(NC(=O)c2ccc(S(=O)(=O)N3CCCCC3)cc2)n(-c2nc3c(cnn3-c3ccc(Cl)cc3)c(=O)[nH]2)n1. The summed E-state index contributed by atoms with van der Waals surface area (Å²) in [5.74, 6) is -0.148. The third-order valence-corrected chi connectivity index (χ3v) is 9.00. The van der Waals surface area contributed by atoms with Crippen LogP contribution in [0.25, 0.3) is 22.7 Å². The van der Waals surface area contributed by atoms with Gasteiger partial charge in [-0.05, 0) is 68.3 Å². The average Bonchev–Trinajstić information content (AvgIpc) is 3.57. The van der Waals surface area contributed by atoms with Crippen molar-refractivity contribution < 1.29 is 13.2 Å². The van der Waals surface area contributed by atoms with Crippen LogP contribution in [0.5, 0.6) is 0 Å². The Morgan fingerprint density at radius 2 is 1.71 bits per heavy atom. The summed E-state index contributed by atoms with van der Waals surface area (Å²) in [5.41, 5.74) is 1.34. The molecule has 0 radical (unpaired) electrons. The Bertz CT molecular complexity index is 1920. The van der Waals surface area contributed by atoms with E-state index in [1.165, 1.54) is 44.1 Å². The van der Waals surface area contributed by atoms with Crippen molar-refractivity contribution in [3.63, 3.8) is 0 Å². The van der Waals surface area contributed by atoms with Crippen LogP contribution in [0.1, 0.15) is 35.3 Å². The van der Waals surface area contributed by atoms with Crippen LogP contribution in [0.2, 0.25) is 5.02 Å². The molecule has 2 N–H and O–H groups in total. The molecular formula is C27H25ClN8O4S. The molecule has 1 aliphatic heterocycles. The summed E-state index contributed by atoms with van der Waals surface area (Å²) in [6, 6.07) is 14.4. The lowest BCUT2D eigenvalue weighted by atomic mass is 10.2. The molecule has 1 aliphatic rings. The number of aryl methyl sites for hydroxylation is 1. The first-order chi connectivity index (χ1) is 19.7. The van der Waals surface area contributed by atoms with Crippen molar-refractivity contribution in [3.8, 4) is 11.6 Å². The van der Waals surface area contributed by atoms with Crippen LogP contribution in [0.15, 0.2) is 70.5 Å². The predicted molar refractivity (Wildman–Crippen MR) is 153 cm³/mol. The zero-order chi connectivity index (χ0) is 28.7. The molecule has 0 spiro atoms. The topological polar surface area (TPSA) is 148 Å². The number of carbonyl (C=O) groups excluding carboxylic acids is 1. The lowest BCUT2D eigenvalue weighted by Gasteiger charge is -2.25. The van der Waals surface area contributed by atoms with Crippen LogP contribution in [0.3, 0.4) is 0 Å². The van der Waals surface area contributed by atoms with Crippen LogP contribution in [-0.4, -0.2) is 61.2 Å². The highest BCUT2D eigenvalue weighted by Gasteiger charge is 2.26. The largest absolute Gasteiger partial charge is 0.306 e. The molecule has 41 heavy (non-hydrogen) atoms. The first-order valence-electron chi connectivity index (χ1n) is 12.9. The van der Waals surface area contributed by atoms with Crippen molar-refractivity contribution in [1.82, 2.24) is 33.8 Å². The predicted octanol–water partition coefficient (Wildman–Crippen LogP) is 3.68. The molecule has 1 amide bonds. The normalized spacial score (nSPS) is 14.4. The molecule has 0 aliphatic carbocycles. The van der Waals surface area contributed by atoms with Gasteiger partial charge < -0.3 is 5.32 Å². The number of carbonyl (C=O) groups is 1. The highest BCUT2D eigenvalue weighted by atomic mass is 35.5. The number of nitrogens with one attached hydrogen (secondary N) is 2. The quantitative estimate of drug-likeness (QED) is 0.305. The fourth-order valence-corrected chi connectivity index (χ4v) is 6.39. The number of aromatic amines is 1. The van der Waals surface area contributed by atoms with E-state index in [1.807, 2.05) is 0 Å². The van der Waals surface area contributed by atoms with E-state index < -0.39 is 21.5 Å². The second-order valence-corrected chi connectivity index (χ2v) is 12.1. The van der Waals surface area contributed by atoms with Gasteiger partial charge in [-0.25, -0.2) is 13.1 Å². The first kappa shape index (κ1) is 26.9. The summed E-state index contributed by atoms with van der Waals surface area (Å²) in [4.78, 5) is 33.5. The van der Waals surface area contributed by atoms with Crippen molar-refractivity contribution in [3.05, 3.63) is 87.4 Å². The molecular weight excluding hydrogens is 568 g/mol. The van der Waals surface area contributed by atoms with E-state index in [2.05, 4.69) is 25.5 Å². The molecule has 0 atom stereocenters. The van der Waals surface area contributed by atoms with Crippen molar-refractivity contribution in [2.24, 2.45) is 0 Å². The molecule has 0 bridgehead atoms. The van der Waals surface area contributed by atoms with Gasteiger partial charge in [-0.15, -0.1) is 0 Å². The van der Waals surface area contributed by atoms with Crippen molar-refractivity contribution in [2.75, 3.05) is 18.4 Å². The molecule has 1 saturated heterocycles. The molecule has 1 fully saturated rings. The maximum atomic E-state index is 13.1. The van der Waals surface area contributed by atoms with E-state index in [4.69, 9.17) is 11.6 Å².